The minimum Gasteiger partial charge on any atom is -0.316 e. The lowest BCUT2D eigenvalue weighted by molar-refractivity contribution is 0.107. The fraction of sp³-hybridized carbons (Fsp3) is 0.647. The van der Waals surface area contributed by atoms with Crippen molar-refractivity contribution in [3.63, 3.8) is 0 Å². The van der Waals surface area contributed by atoms with Crippen molar-refractivity contribution in [3.8, 4) is 0 Å². The first kappa shape index (κ1) is 16.2. The van der Waals surface area contributed by atoms with E-state index in [1.54, 1.807) is 12.1 Å². The summed E-state index contributed by atoms with van der Waals surface area (Å²) in [6, 6.07) is 4.93. The molecule has 1 N–H and O–H groups in total. The van der Waals surface area contributed by atoms with Crippen molar-refractivity contribution in [3.05, 3.63) is 34.6 Å². The Kier molecular flexibility index (Phi) is 5.69. The van der Waals surface area contributed by atoms with E-state index >= 15 is 0 Å². The number of hydrogen-bond acceptors (Lipinski definition) is 3. The molecule has 0 bridgehead atoms. The Morgan fingerprint density at radius 3 is 2.64 bits per heavy atom. The largest absolute Gasteiger partial charge is 0.316 e. The number of nitrogens with zero attached hydrogens (tertiary/aromatic N) is 2. The molecule has 1 atom stereocenters. The fourth-order valence-electron chi connectivity index (χ4n) is 3.48. The molecule has 22 heavy (non-hydrogen) atoms. The van der Waals surface area contributed by atoms with Crippen LogP contribution in [0.25, 0.3) is 0 Å². The Labute approximate surface area is 137 Å². The summed E-state index contributed by atoms with van der Waals surface area (Å²) in [5.74, 6) is 0.601. The molecule has 3 rings (SSSR count). The first-order chi connectivity index (χ1) is 10.7. The van der Waals surface area contributed by atoms with Gasteiger partial charge in [0, 0.05) is 49.9 Å². The molecule has 2 heterocycles. The number of nitrogens with one attached hydrogen (secondary N) is 1. The summed E-state index contributed by atoms with van der Waals surface area (Å²) in [6.07, 6.45) is 2.65. The molecular weight excluding hydrogens is 301 g/mol. The van der Waals surface area contributed by atoms with Gasteiger partial charge in [-0.15, -0.1) is 0 Å². The molecule has 0 saturated carbocycles. The van der Waals surface area contributed by atoms with Crippen molar-refractivity contribution >= 4 is 11.6 Å². The number of benzene rings is 1. The Bertz CT molecular complexity index is 463. The molecule has 0 spiro atoms. The number of rotatable bonds is 4. The second-order valence-corrected chi connectivity index (χ2v) is 6.90. The van der Waals surface area contributed by atoms with Crippen LogP contribution in [-0.4, -0.2) is 55.6 Å². The van der Waals surface area contributed by atoms with E-state index in [0.717, 1.165) is 38.6 Å². The summed E-state index contributed by atoms with van der Waals surface area (Å²) in [7, 11) is 0. The van der Waals surface area contributed by atoms with E-state index in [1.165, 1.54) is 32.0 Å². The third-order valence-electron chi connectivity index (χ3n) is 4.82. The highest BCUT2D eigenvalue weighted by atomic mass is 35.5. The summed E-state index contributed by atoms with van der Waals surface area (Å²) in [6.45, 7) is 8.27. The Balaban J connectivity index is 1.47. The van der Waals surface area contributed by atoms with Crippen LogP contribution >= 0.6 is 11.6 Å². The number of halogens is 2. The molecule has 0 radical (unpaired) electrons. The Hall–Kier alpha value is -0.680. The van der Waals surface area contributed by atoms with Gasteiger partial charge < -0.3 is 10.2 Å². The van der Waals surface area contributed by atoms with Crippen LogP contribution in [0.5, 0.6) is 0 Å². The van der Waals surface area contributed by atoms with Crippen LogP contribution in [0.15, 0.2) is 18.2 Å². The molecule has 0 amide bonds. The lowest BCUT2D eigenvalue weighted by atomic mass is 9.99. The van der Waals surface area contributed by atoms with E-state index in [9.17, 15) is 4.39 Å². The molecule has 3 nitrogen and oxygen atoms in total. The Morgan fingerprint density at radius 1 is 1.18 bits per heavy atom. The van der Waals surface area contributed by atoms with Crippen LogP contribution in [-0.2, 0) is 6.54 Å². The van der Waals surface area contributed by atoms with Crippen LogP contribution in [0.4, 0.5) is 4.39 Å². The molecule has 1 aromatic carbocycles. The first-order valence-electron chi connectivity index (χ1n) is 8.30. The third kappa shape index (κ3) is 4.19. The predicted molar refractivity (Wildman–Crippen MR) is 88.7 cm³/mol. The van der Waals surface area contributed by atoms with Crippen molar-refractivity contribution < 1.29 is 4.39 Å². The number of piperazine rings is 1. The molecule has 1 aromatic rings. The van der Waals surface area contributed by atoms with E-state index in [1.807, 2.05) is 0 Å². The van der Waals surface area contributed by atoms with Gasteiger partial charge in [0.25, 0.3) is 0 Å². The zero-order valence-corrected chi connectivity index (χ0v) is 13.8. The maximum atomic E-state index is 13.9. The molecule has 0 aliphatic carbocycles. The van der Waals surface area contributed by atoms with Gasteiger partial charge in [-0.2, -0.15) is 0 Å². The summed E-state index contributed by atoms with van der Waals surface area (Å²) in [4.78, 5) is 4.86. The van der Waals surface area contributed by atoms with Crippen molar-refractivity contribution in [2.45, 2.75) is 19.4 Å². The van der Waals surface area contributed by atoms with Gasteiger partial charge in [-0.1, -0.05) is 17.7 Å². The fourth-order valence-corrected chi connectivity index (χ4v) is 3.70. The lowest BCUT2D eigenvalue weighted by Gasteiger charge is -2.37. The van der Waals surface area contributed by atoms with Crippen LogP contribution in [0, 0.1) is 11.7 Å². The standard InChI is InChI=1S/C17H25ClFN3/c18-16-4-1-5-17(19)15(16)13-22-9-7-21(8-10-22)12-14-3-2-6-20-11-14/h1,4-5,14,20H,2-3,6-13H2. The highest BCUT2D eigenvalue weighted by Crippen LogP contribution is 2.21. The van der Waals surface area contributed by atoms with E-state index < -0.39 is 0 Å². The zero-order valence-electron chi connectivity index (χ0n) is 13.0. The average molecular weight is 326 g/mol. The van der Waals surface area contributed by atoms with E-state index in [4.69, 9.17) is 11.6 Å². The Morgan fingerprint density at radius 2 is 1.95 bits per heavy atom. The molecule has 1 unspecified atom stereocenters. The highest BCUT2D eigenvalue weighted by molar-refractivity contribution is 6.31. The minimum absolute atomic E-state index is 0.191. The summed E-state index contributed by atoms with van der Waals surface area (Å²) >= 11 is 6.12. The highest BCUT2D eigenvalue weighted by Gasteiger charge is 2.22. The van der Waals surface area contributed by atoms with E-state index in [2.05, 4.69) is 15.1 Å². The third-order valence-corrected chi connectivity index (χ3v) is 5.18. The van der Waals surface area contributed by atoms with Gasteiger partial charge in [0.05, 0.1) is 0 Å². The predicted octanol–water partition coefficient (Wildman–Crippen LogP) is 2.60. The first-order valence-corrected chi connectivity index (χ1v) is 8.68. The van der Waals surface area contributed by atoms with Gasteiger partial charge in [0.2, 0.25) is 0 Å². The van der Waals surface area contributed by atoms with Crippen molar-refractivity contribution in [2.75, 3.05) is 45.8 Å². The SMILES string of the molecule is Fc1cccc(Cl)c1CN1CCN(CC2CCCNC2)CC1. The van der Waals surface area contributed by atoms with E-state index in [0.29, 0.717) is 17.1 Å². The monoisotopic (exact) mass is 325 g/mol. The van der Waals surface area contributed by atoms with Gasteiger partial charge in [-0.05, 0) is 44.0 Å². The van der Waals surface area contributed by atoms with Crippen LogP contribution in [0.2, 0.25) is 5.02 Å². The molecule has 2 aliphatic rings. The quantitative estimate of drug-likeness (QED) is 0.918. The number of hydrogen-bond donors (Lipinski definition) is 1. The molecule has 2 saturated heterocycles. The van der Waals surface area contributed by atoms with Crippen molar-refractivity contribution in [1.29, 1.82) is 0 Å². The van der Waals surface area contributed by atoms with Crippen LogP contribution < -0.4 is 5.32 Å². The van der Waals surface area contributed by atoms with Gasteiger partial charge in [0.15, 0.2) is 0 Å². The molecular formula is C17H25ClFN3. The topological polar surface area (TPSA) is 18.5 Å². The van der Waals surface area contributed by atoms with Crippen molar-refractivity contribution in [1.82, 2.24) is 15.1 Å². The smallest absolute Gasteiger partial charge is 0.129 e. The molecule has 0 aromatic heterocycles. The normalized spacial score (nSPS) is 24.5. The van der Waals surface area contributed by atoms with Crippen LogP contribution in [0.1, 0.15) is 18.4 Å². The maximum absolute atomic E-state index is 13.9. The summed E-state index contributed by atoms with van der Waals surface area (Å²) in [5, 5.41) is 4.02. The minimum atomic E-state index is -0.191. The second-order valence-electron chi connectivity index (χ2n) is 6.49. The van der Waals surface area contributed by atoms with Gasteiger partial charge in [-0.3, -0.25) is 4.90 Å². The molecule has 2 fully saturated rings. The summed E-state index contributed by atoms with van der Waals surface area (Å²) in [5.41, 5.74) is 0.633. The van der Waals surface area contributed by atoms with Crippen LogP contribution in [0.3, 0.4) is 0 Å². The molecule has 5 heteroatoms. The number of piperidine rings is 1. The van der Waals surface area contributed by atoms with Gasteiger partial charge in [0.1, 0.15) is 5.82 Å². The lowest BCUT2D eigenvalue weighted by Crippen LogP contribution is -2.48. The maximum Gasteiger partial charge on any atom is 0.129 e. The second kappa shape index (κ2) is 7.73. The van der Waals surface area contributed by atoms with Gasteiger partial charge in [-0.25, -0.2) is 4.39 Å². The van der Waals surface area contributed by atoms with E-state index in [-0.39, 0.29) is 5.82 Å². The summed E-state index contributed by atoms with van der Waals surface area (Å²) < 4.78 is 13.9. The zero-order chi connectivity index (χ0) is 15.4. The van der Waals surface area contributed by atoms with Gasteiger partial charge >= 0.3 is 0 Å². The average Bonchev–Trinajstić information content (AvgIpc) is 2.54. The molecule has 122 valence electrons. The molecule has 2 aliphatic heterocycles. The van der Waals surface area contributed by atoms with Crippen molar-refractivity contribution in [2.24, 2.45) is 5.92 Å².